The van der Waals surface area contributed by atoms with Gasteiger partial charge in [0.05, 0.1) is 6.61 Å². The molecule has 1 heterocycles. The highest BCUT2D eigenvalue weighted by Gasteiger charge is 2.20. The lowest BCUT2D eigenvalue weighted by molar-refractivity contribution is 0.0924. The second-order valence-electron chi connectivity index (χ2n) is 4.95. The van der Waals surface area contributed by atoms with E-state index in [9.17, 15) is 0 Å². The molecule has 0 aromatic heterocycles. The topological polar surface area (TPSA) is 24.5 Å². The summed E-state index contributed by atoms with van der Waals surface area (Å²) in [7, 11) is 1.79. The van der Waals surface area contributed by atoms with Crippen LogP contribution in [-0.4, -0.2) is 50.3 Å². The number of methoxy groups -OCH3 is 1. The Bertz CT molecular complexity index is 169. The molecule has 0 radical (unpaired) electrons. The van der Waals surface area contributed by atoms with Crippen LogP contribution in [0.25, 0.3) is 0 Å². The average molecular weight is 228 g/mol. The Hall–Kier alpha value is -0.120. The molecule has 0 spiro atoms. The lowest BCUT2D eigenvalue weighted by Crippen LogP contribution is -2.44. The second kappa shape index (κ2) is 8.04. The fourth-order valence-electron chi connectivity index (χ4n) is 2.40. The lowest BCUT2D eigenvalue weighted by Gasteiger charge is -2.31. The summed E-state index contributed by atoms with van der Waals surface area (Å²) in [6.07, 6.45) is 5.24. The van der Waals surface area contributed by atoms with Gasteiger partial charge in [0.15, 0.2) is 0 Å². The zero-order valence-corrected chi connectivity index (χ0v) is 11.2. The van der Waals surface area contributed by atoms with E-state index in [0.717, 1.165) is 6.61 Å². The molecule has 1 N–H and O–H groups in total. The third-order valence-corrected chi connectivity index (χ3v) is 3.45. The van der Waals surface area contributed by atoms with Crippen molar-refractivity contribution < 1.29 is 4.74 Å². The summed E-state index contributed by atoms with van der Waals surface area (Å²) in [5.41, 5.74) is 0. The van der Waals surface area contributed by atoms with Gasteiger partial charge in [0, 0.05) is 25.7 Å². The minimum absolute atomic E-state index is 0.541. The Labute approximate surface area is 101 Å². The van der Waals surface area contributed by atoms with Crippen LogP contribution in [0.5, 0.6) is 0 Å². The summed E-state index contributed by atoms with van der Waals surface area (Å²) in [4.78, 5) is 2.58. The first kappa shape index (κ1) is 13.9. The van der Waals surface area contributed by atoms with Crippen molar-refractivity contribution in [2.24, 2.45) is 0 Å². The quantitative estimate of drug-likeness (QED) is 0.686. The predicted molar refractivity (Wildman–Crippen MR) is 68.8 cm³/mol. The molecular weight excluding hydrogens is 200 g/mol. The van der Waals surface area contributed by atoms with Gasteiger partial charge in [-0.05, 0) is 39.3 Å². The van der Waals surface area contributed by atoms with Gasteiger partial charge in [-0.15, -0.1) is 0 Å². The average Bonchev–Trinajstić information content (AvgIpc) is 2.77. The van der Waals surface area contributed by atoms with Crippen molar-refractivity contribution in [1.29, 1.82) is 0 Å². The third kappa shape index (κ3) is 4.81. The first-order chi connectivity index (χ1) is 7.77. The molecule has 1 rings (SSSR count). The van der Waals surface area contributed by atoms with Crippen LogP contribution < -0.4 is 5.32 Å². The van der Waals surface area contributed by atoms with Gasteiger partial charge < -0.3 is 10.1 Å². The first-order valence-electron chi connectivity index (χ1n) is 6.74. The van der Waals surface area contributed by atoms with Crippen LogP contribution in [0.2, 0.25) is 0 Å². The van der Waals surface area contributed by atoms with Crippen LogP contribution in [0.15, 0.2) is 0 Å². The molecule has 3 heteroatoms. The molecule has 1 fully saturated rings. The zero-order valence-electron chi connectivity index (χ0n) is 11.2. The van der Waals surface area contributed by atoms with Crippen LogP contribution >= 0.6 is 0 Å². The minimum atomic E-state index is 0.541. The zero-order chi connectivity index (χ0) is 11.8. The largest absolute Gasteiger partial charge is 0.383 e. The van der Waals surface area contributed by atoms with Crippen molar-refractivity contribution in [3.8, 4) is 0 Å². The van der Waals surface area contributed by atoms with Crippen LogP contribution in [0.3, 0.4) is 0 Å². The molecule has 1 aliphatic rings. The van der Waals surface area contributed by atoms with Crippen LogP contribution in [0.4, 0.5) is 0 Å². The van der Waals surface area contributed by atoms with Gasteiger partial charge in [0.2, 0.25) is 0 Å². The van der Waals surface area contributed by atoms with E-state index >= 15 is 0 Å². The molecule has 2 atom stereocenters. The van der Waals surface area contributed by atoms with Gasteiger partial charge in [0.1, 0.15) is 0 Å². The van der Waals surface area contributed by atoms with E-state index in [0.29, 0.717) is 12.1 Å². The fraction of sp³-hybridized carbons (Fsp3) is 1.00. The first-order valence-corrected chi connectivity index (χ1v) is 6.74. The highest BCUT2D eigenvalue weighted by molar-refractivity contribution is 4.80. The van der Waals surface area contributed by atoms with Crippen molar-refractivity contribution in [2.75, 3.05) is 33.4 Å². The molecular formula is C13H28N2O. The molecule has 2 unspecified atom stereocenters. The molecule has 1 aliphatic heterocycles. The lowest BCUT2D eigenvalue weighted by atomic mass is 10.1. The normalized spacial score (nSPS) is 22.9. The summed E-state index contributed by atoms with van der Waals surface area (Å²) in [5.74, 6) is 0. The van der Waals surface area contributed by atoms with Gasteiger partial charge in [-0.1, -0.05) is 13.3 Å². The number of nitrogens with zero attached hydrogens (tertiary/aromatic N) is 1. The number of ether oxygens (including phenoxy) is 1. The molecule has 0 aliphatic carbocycles. The summed E-state index contributed by atoms with van der Waals surface area (Å²) >= 11 is 0. The Morgan fingerprint density at radius 2 is 2.31 bits per heavy atom. The van der Waals surface area contributed by atoms with E-state index < -0.39 is 0 Å². The molecule has 0 amide bonds. The molecule has 0 aromatic carbocycles. The van der Waals surface area contributed by atoms with Crippen LogP contribution in [-0.2, 0) is 4.74 Å². The van der Waals surface area contributed by atoms with Gasteiger partial charge in [-0.3, -0.25) is 4.90 Å². The number of unbranched alkanes of at least 4 members (excludes halogenated alkanes) is 1. The van der Waals surface area contributed by atoms with Crippen LogP contribution in [0.1, 0.15) is 39.5 Å². The highest BCUT2D eigenvalue weighted by atomic mass is 16.5. The second-order valence-corrected chi connectivity index (χ2v) is 4.95. The SMILES string of the molecule is CCCCN(CC1CCCN1)C(C)COC. The standard InChI is InChI=1S/C13H28N2O/c1-4-5-9-15(12(2)11-16-3)10-13-7-6-8-14-13/h12-14H,4-11H2,1-3H3. The van der Waals surface area contributed by atoms with E-state index in [-0.39, 0.29) is 0 Å². The number of hydrogen-bond acceptors (Lipinski definition) is 3. The van der Waals surface area contributed by atoms with Crippen molar-refractivity contribution in [3.05, 3.63) is 0 Å². The van der Waals surface area contributed by atoms with Gasteiger partial charge in [-0.25, -0.2) is 0 Å². The summed E-state index contributed by atoms with van der Waals surface area (Å²) < 4.78 is 5.27. The summed E-state index contributed by atoms with van der Waals surface area (Å²) in [6.45, 7) is 8.96. The molecule has 3 nitrogen and oxygen atoms in total. The van der Waals surface area contributed by atoms with Crippen LogP contribution in [0, 0.1) is 0 Å². The molecule has 16 heavy (non-hydrogen) atoms. The van der Waals surface area contributed by atoms with E-state index in [1.807, 2.05) is 0 Å². The van der Waals surface area contributed by atoms with Gasteiger partial charge in [-0.2, -0.15) is 0 Å². The molecule has 0 aromatic rings. The Morgan fingerprint density at radius 3 is 2.88 bits per heavy atom. The molecule has 0 bridgehead atoms. The molecule has 0 saturated carbocycles. The maximum Gasteiger partial charge on any atom is 0.0615 e. The smallest absolute Gasteiger partial charge is 0.0615 e. The monoisotopic (exact) mass is 228 g/mol. The van der Waals surface area contributed by atoms with Crippen molar-refractivity contribution in [2.45, 2.75) is 51.6 Å². The Kier molecular flexibility index (Phi) is 7.01. The maximum atomic E-state index is 5.27. The van der Waals surface area contributed by atoms with E-state index in [4.69, 9.17) is 4.74 Å². The predicted octanol–water partition coefficient (Wildman–Crippen LogP) is 1.88. The van der Waals surface area contributed by atoms with E-state index in [1.54, 1.807) is 7.11 Å². The highest BCUT2D eigenvalue weighted by Crippen LogP contribution is 2.10. The fourth-order valence-corrected chi connectivity index (χ4v) is 2.40. The Morgan fingerprint density at radius 1 is 1.50 bits per heavy atom. The van der Waals surface area contributed by atoms with Gasteiger partial charge in [0.25, 0.3) is 0 Å². The van der Waals surface area contributed by atoms with Crippen molar-refractivity contribution in [3.63, 3.8) is 0 Å². The third-order valence-electron chi connectivity index (χ3n) is 3.45. The maximum absolute atomic E-state index is 5.27. The molecule has 1 saturated heterocycles. The van der Waals surface area contributed by atoms with Gasteiger partial charge >= 0.3 is 0 Å². The Balaban J connectivity index is 2.34. The minimum Gasteiger partial charge on any atom is -0.383 e. The number of hydrogen-bond donors (Lipinski definition) is 1. The number of nitrogens with one attached hydrogen (secondary N) is 1. The van der Waals surface area contributed by atoms with E-state index in [2.05, 4.69) is 24.1 Å². The van der Waals surface area contributed by atoms with Crippen molar-refractivity contribution >= 4 is 0 Å². The summed E-state index contributed by atoms with van der Waals surface area (Å²) in [5, 5.41) is 3.58. The summed E-state index contributed by atoms with van der Waals surface area (Å²) in [6, 6.07) is 1.25. The number of rotatable bonds is 8. The van der Waals surface area contributed by atoms with E-state index in [1.165, 1.54) is 45.3 Å². The van der Waals surface area contributed by atoms with Crippen molar-refractivity contribution in [1.82, 2.24) is 10.2 Å². The molecule has 96 valence electrons.